The van der Waals surface area contributed by atoms with E-state index in [1.807, 2.05) is 13.1 Å². The standard InChI is InChI=1S/C18H24N4O3S/c1-20-10-9-18(8-7-17(20)23)14-22(12-11-21(18)2)26(24,25)16-5-3-15(13-19)4-6-16/h3-6H,7-12,14H2,1-2H3/t18-/m1/s1. The summed E-state index contributed by atoms with van der Waals surface area (Å²) < 4.78 is 27.7. The van der Waals surface area contributed by atoms with E-state index in [2.05, 4.69) is 4.90 Å². The van der Waals surface area contributed by atoms with Gasteiger partial charge in [-0.25, -0.2) is 8.42 Å². The minimum Gasteiger partial charge on any atom is -0.346 e. The van der Waals surface area contributed by atoms with E-state index < -0.39 is 10.0 Å². The van der Waals surface area contributed by atoms with Gasteiger partial charge >= 0.3 is 0 Å². The van der Waals surface area contributed by atoms with E-state index >= 15 is 0 Å². The van der Waals surface area contributed by atoms with Gasteiger partial charge in [-0.1, -0.05) is 0 Å². The SMILES string of the molecule is CN1CC[C@]2(CCC1=O)CN(S(=O)(=O)c1ccc(C#N)cc1)CCN2C. The molecule has 1 atom stereocenters. The first kappa shape index (κ1) is 18.8. The zero-order chi connectivity index (χ0) is 18.9. The Morgan fingerprint density at radius 1 is 1.08 bits per heavy atom. The van der Waals surface area contributed by atoms with Crippen molar-refractivity contribution in [2.45, 2.75) is 29.7 Å². The first-order chi connectivity index (χ1) is 12.3. The topological polar surface area (TPSA) is 84.7 Å². The lowest BCUT2D eigenvalue weighted by Gasteiger charge is -2.48. The molecule has 2 saturated heterocycles. The van der Waals surface area contributed by atoms with Gasteiger partial charge in [-0.3, -0.25) is 9.69 Å². The Hall–Kier alpha value is -1.95. The van der Waals surface area contributed by atoms with Crippen molar-refractivity contribution in [3.63, 3.8) is 0 Å². The summed E-state index contributed by atoms with van der Waals surface area (Å²) in [6.07, 6.45) is 1.85. The molecule has 0 N–H and O–H groups in total. The van der Waals surface area contributed by atoms with Crippen LogP contribution in [0.25, 0.3) is 0 Å². The number of nitriles is 1. The van der Waals surface area contributed by atoms with Gasteiger partial charge in [0.05, 0.1) is 16.5 Å². The molecule has 0 bridgehead atoms. The smallest absolute Gasteiger partial charge is 0.243 e. The predicted octanol–water partition coefficient (Wildman–Crippen LogP) is 0.875. The number of hydrogen-bond donors (Lipinski definition) is 0. The highest BCUT2D eigenvalue weighted by molar-refractivity contribution is 7.89. The molecule has 26 heavy (non-hydrogen) atoms. The fraction of sp³-hybridized carbons (Fsp3) is 0.556. The number of likely N-dealkylation sites (N-methyl/N-ethyl adjacent to an activating group) is 1. The number of benzene rings is 1. The van der Waals surface area contributed by atoms with Gasteiger partial charge in [0, 0.05) is 45.2 Å². The molecule has 0 aliphatic carbocycles. The lowest BCUT2D eigenvalue weighted by molar-refractivity contribution is -0.129. The molecule has 0 aromatic heterocycles. The van der Waals surface area contributed by atoms with Crippen molar-refractivity contribution in [2.24, 2.45) is 0 Å². The van der Waals surface area contributed by atoms with E-state index in [1.165, 1.54) is 28.6 Å². The molecule has 1 spiro atoms. The molecule has 0 radical (unpaired) electrons. The number of amides is 1. The van der Waals surface area contributed by atoms with Crippen LogP contribution in [-0.2, 0) is 14.8 Å². The molecule has 2 heterocycles. The third kappa shape index (κ3) is 3.34. The molecule has 1 amide bonds. The molecule has 0 saturated carbocycles. The summed E-state index contributed by atoms with van der Waals surface area (Å²) in [5.41, 5.74) is 0.113. The molecule has 2 aliphatic heterocycles. The van der Waals surface area contributed by atoms with Crippen LogP contribution >= 0.6 is 0 Å². The summed E-state index contributed by atoms with van der Waals surface area (Å²) in [6.45, 7) is 2.07. The number of carbonyl (C=O) groups excluding carboxylic acids is 1. The number of sulfonamides is 1. The van der Waals surface area contributed by atoms with Gasteiger partial charge in [-0.2, -0.15) is 9.57 Å². The highest BCUT2D eigenvalue weighted by Gasteiger charge is 2.44. The van der Waals surface area contributed by atoms with Crippen LogP contribution in [-0.4, -0.2) is 74.2 Å². The van der Waals surface area contributed by atoms with Crippen LogP contribution in [0.5, 0.6) is 0 Å². The molecular formula is C18H24N4O3S. The minimum absolute atomic E-state index is 0.113. The Labute approximate surface area is 154 Å². The molecule has 3 rings (SSSR count). The number of likely N-dealkylation sites (tertiary alicyclic amines) is 1. The minimum atomic E-state index is -3.63. The van der Waals surface area contributed by atoms with Crippen LogP contribution in [0.2, 0.25) is 0 Å². The highest BCUT2D eigenvalue weighted by Crippen LogP contribution is 2.34. The summed E-state index contributed by atoms with van der Waals surface area (Å²) in [7, 11) is 0.190. The fourth-order valence-corrected chi connectivity index (χ4v) is 5.29. The number of nitrogens with zero attached hydrogens (tertiary/aromatic N) is 4. The van der Waals surface area contributed by atoms with Gasteiger partial charge in [0.25, 0.3) is 0 Å². The lowest BCUT2D eigenvalue weighted by atomic mass is 9.87. The van der Waals surface area contributed by atoms with E-state index in [9.17, 15) is 13.2 Å². The lowest BCUT2D eigenvalue weighted by Crippen LogP contribution is -2.62. The normalized spacial score (nSPS) is 25.9. The fourth-order valence-electron chi connectivity index (χ4n) is 3.78. The van der Waals surface area contributed by atoms with E-state index in [0.29, 0.717) is 44.6 Å². The van der Waals surface area contributed by atoms with Gasteiger partial charge in [-0.05, 0) is 44.2 Å². The molecule has 2 fully saturated rings. The Morgan fingerprint density at radius 2 is 1.77 bits per heavy atom. The van der Waals surface area contributed by atoms with Crippen molar-refractivity contribution in [3.05, 3.63) is 29.8 Å². The van der Waals surface area contributed by atoms with Gasteiger partial charge in [0.15, 0.2) is 0 Å². The number of piperazine rings is 1. The molecule has 140 valence electrons. The van der Waals surface area contributed by atoms with E-state index in [1.54, 1.807) is 11.9 Å². The van der Waals surface area contributed by atoms with Crippen LogP contribution in [0, 0.1) is 11.3 Å². The van der Waals surface area contributed by atoms with Crippen molar-refractivity contribution < 1.29 is 13.2 Å². The zero-order valence-corrected chi connectivity index (χ0v) is 16.0. The molecule has 1 aromatic rings. The van der Waals surface area contributed by atoms with Crippen LogP contribution < -0.4 is 0 Å². The summed E-state index contributed by atoms with van der Waals surface area (Å²) in [4.78, 5) is 16.2. The summed E-state index contributed by atoms with van der Waals surface area (Å²) in [5.74, 6) is 0.113. The second-order valence-electron chi connectivity index (χ2n) is 7.19. The second-order valence-corrected chi connectivity index (χ2v) is 9.12. The molecule has 8 heteroatoms. The maximum atomic E-state index is 13.1. The van der Waals surface area contributed by atoms with E-state index in [4.69, 9.17) is 5.26 Å². The summed E-state index contributed by atoms with van der Waals surface area (Å²) in [6, 6.07) is 8.03. The van der Waals surface area contributed by atoms with Crippen LogP contribution in [0.15, 0.2) is 29.2 Å². The highest BCUT2D eigenvalue weighted by atomic mass is 32.2. The first-order valence-electron chi connectivity index (χ1n) is 8.74. The Kier molecular flexibility index (Phi) is 5.06. The zero-order valence-electron chi connectivity index (χ0n) is 15.2. The molecule has 1 aromatic carbocycles. The van der Waals surface area contributed by atoms with Crippen molar-refractivity contribution in [1.82, 2.24) is 14.1 Å². The van der Waals surface area contributed by atoms with Gasteiger partial charge in [-0.15, -0.1) is 0 Å². The third-order valence-electron chi connectivity index (χ3n) is 5.73. The predicted molar refractivity (Wildman–Crippen MR) is 96.8 cm³/mol. The monoisotopic (exact) mass is 376 g/mol. The summed E-state index contributed by atoms with van der Waals surface area (Å²) >= 11 is 0. The largest absolute Gasteiger partial charge is 0.346 e. The second kappa shape index (κ2) is 6.99. The average Bonchev–Trinajstić information content (AvgIpc) is 2.78. The van der Waals surface area contributed by atoms with Gasteiger partial charge in [0.1, 0.15) is 0 Å². The maximum Gasteiger partial charge on any atom is 0.243 e. The van der Waals surface area contributed by atoms with Crippen molar-refractivity contribution in [1.29, 1.82) is 5.26 Å². The van der Waals surface area contributed by atoms with Crippen molar-refractivity contribution in [2.75, 3.05) is 40.3 Å². The molecule has 0 unspecified atom stereocenters. The van der Waals surface area contributed by atoms with Gasteiger partial charge in [0.2, 0.25) is 15.9 Å². The number of hydrogen-bond acceptors (Lipinski definition) is 5. The summed E-state index contributed by atoms with van der Waals surface area (Å²) in [5, 5.41) is 8.90. The first-order valence-corrected chi connectivity index (χ1v) is 10.2. The van der Waals surface area contributed by atoms with Crippen LogP contribution in [0.3, 0.4) is 0 Å². The Morgan fingerprint density at radius 3 is 2.42 bits per heavy atom. The van der Waals surface area contributed by atoms with Crippen molar-refractivity contribution in [3.8, 4) is 6.07 Å². The number of rotatable bonds is 2. The molecule has 2 aliphatic rings. The van der Waals surface area contributed by atoms with Crippen LogP contribution in [0.1, 0.15) is 24.8 Å². The Balaban J connectivity index is 1.87. The van der Waals surface area contributed by atoms with Crippen molar-refractivity contribution >= 4 is 15.9 Å². The quantitative estimate of drug-likeness (QED) is 0.765. The maximum absolute atomic E-state index is 13.1. The Bertz CT molecular complexity index is 831. The van der Waals surface area contributed by atoms with E-state index in [0.717, 1.165) is 6.42 Å². The van der Waals surface area contributed by atoms with E-state index in [-0.39, 0.29) is 16.3 Å². The average molecular weight is 376 g/mol. The van der Waals surface area contributed by atoms with Crippen LogP contribution in [0.4, 0.5) is 0 Å². The third-order valence-corrected chi connectivity index (χ3v) is 7.59. The molecule has 7 nitrogen and oxygen atoms in total. The van der Waals surface area contributed by atoms with Gasteiger partial charge < -0.3 is 4.90 Å². The number of carbonyl (C=O) groups is 1. The molecular weight excluding hydrogens is 352 g/mol.